The highest BCUT2D eigenvalue weighted by Gasteiger charge is 2.14. The standard InChI is InChI=1S/C14H19N3OS/c1-10(18)12-9-11(17-7-3-2-4-8-17)5-6-13(12)16-14(15)19/h5-6,9H,2-4,7-8H2,1H3,(H3,15,16,19). The number of nitrogens with zero attached hydrogens (tertiary/aromatic N) is 1. The summed E-state index contributed by atoms with van der Waals surface area (Å²) >= 11 is 4.83. The van der Waals surface area contributed by atoms with E-state index in [1.165, 1.54) is 19.3 Å². The number of carbonyl (C=O) groups excluding carboxylic acids is 1. The van der Waals surface area contributed by atoms with E-state index in [4.69, 9.17) is 18.0 Å². The first-order valence-corrected chi connectivity index (χ1v) is 6.95. The molecule has 0 amide bonds. The molecule has 0 saturated carbocycles. The molecule has 0 unspecified atom stereocenters. The first kappa shape index (κ1) is 13.8. The van der Waals surface area contributed by atoms with Crippen LogP contribution in [0.1, 0.15) is 36.5 Å². The van der Waals surface area contributed by atoms with Gasteiger partial charge in [0.15, 0.2) is 10.9 Å². The summed E-state index contributed by atoms with van der Waals surface area (Å²) in [5.74, 6) is 0.0117. The lowest BCUT2D eigenvalue weighted by Crippen LogP contribution is -2.29. The Kier molecular flexibility index (Phi) is 4.37. The number of nitrogens with one attached hydrogen (secondary N) is 1. The van der Waals surface area contributed by atoms with Crippen LogP contribution in [0, 0.1) is 0 Å². The minimum Gasteiger partial charge on any atom is -0.376 e. The fourth-order valence-electron chi connectivity index (χ4n) is 2.41. The van der Waals surface area contributed by atoms with E-state index in [9.17, 15) is 4.79 Å². The van der Waals surface area contributed by atoms with Crippen molar-refractivity contribution in [3.63, 3.8) is 0 Å². The Hall–Kier alpha value is -1.62. The molecule has 1 saturated heterocycles. The predicted molar refractivity (Wildman–Crippen MR) is 82.9 cm³/mol. The second kappa shape index (κ2) is 6.02. The summed E-state index contributed by atoms with van der Waals surface area (Å²) in [6, 6.07) is 5.81. The van der Waals surface area contributed by atoms with Crippen LogP contribution in [0.3, 0.4) is 0 Å². The Balaban J connectivity index is 2.29. The lowest BCUT2D eigenvalue weighted by atomic mass is 10.1. The van der Waals surface area contributed by atoms with Crippen molar-refractivity contribution in [2.24, 2.45) is 5.73 Å². The van der Waals surface area contributed by atoms with Gasteiger partial charge in [-0.2, -0.15) is 0 Å². The highest BCUT2D eigenvalue weighted by atomic mass is 32.1. The van der Waals surface area contributed by atoms with Crippen molar-refractivity contribution < 1.29 is 4.79 Å². The molecule has 1 heterocycles. The van der Waals surface area contributed by atoms with Crippen LogP contribution >= 0.6 is 12.2 Å². The van der Waals surface area contributed by atoms with Gasteiger partial charge in [0.1, 0.15) is 0 Å². The molecule has 1 aromatic carbocycles. The number of ketones is 1. The Morgan fingerprint density at radius 2 is 2.00 bits per heavy atom. The Morgan fingerprint density at radius 3 is 2.58 bits per heavy atom. The predicted octanol–water partition coefficient (Wildman–Crippen LogP) is 2.54. The van der Waals surface area contributed by atoms with Crippen LogP contribution in [-0.4, -0.2) is 24.0 Å². The van der Waals surface area contributed by atoms with Crippen LogP contribution in [0.15, 0.2) is 18.2 Å². The molecule has 2 rings (SSSR count). The fourth-order valence-corrected chi connectivity index (χ4v) is 2.52. The minimum absolute atomic E-state index is 0.0117. The average molecular weight is 277 g/mol. The monoisotopic (exact) mass is 277 g/mol. The topological polar surface area (TPSA) is 58.4 Å². The number of nitrogens with two attached hydrogens (primary N) is 1. The second-order valence-electron chi connectivity index (χ2n) is 4.82. The maximum absolute atomic E-state index is 11.7. The summed E-state index contributed by atoms with van der Waals surface area (Å²) < 4.78 is 0. The second-order valence-corrected chi connectivity index (χ2v) is 5.26. The number of Topliss-reactive ketones (excluding diaryl/α,β-unsaturated/α-hetero) is 1. The van der Waals surface area contributed by atoms with Crippen LogP contribution in [0.25, 0.3) is 0 Å². The quantitative estimate of drug-likeness (QED) is 0.657. The van der Waals surface area contributed by atoms with Crippen molar-refractivity contribution in [1.82, 2.24) is 0 Å². The van der Waals surface area contributed by atoms with Gasteiger partial charge in [-0.05, 0) is 56.6 Å². The molecule has 1 aromatic rings. The van der Waals surface area contributed by atoms with Crippen molar-refractivity contribution in [1.29, 1.82) is 0 Å². The lowest BCUT2D eigenvalue weighted by molar-refractivity contribution is 0.101. The molecule has 0 spiro atoms. The molecular formula is C14H19N3OS. The normalized spacial score (nSPS) is 15.1. The number of carbonyl (C=O) groups is 1. The molecule has 102 valence electrons. The number of thiocarbonyl (C=S) groups is 1. The zero-order valence-corrected chi connectivity index (χ0v) is 11.9. The molecule has 5 heteroatoms. The maximum atomic E-state index is 11.7. The average Bonchev–Trinajstić information content (AvgIpc) is 2.39. The van der Waals surface area contributed by atoms with E-state index in [0.29, 0.717) is 11.3 Å². The summed E-state index contributed by atoms with van der Waals surface area (Å²) in [5.41, 5.74) is 7.89. The number of hydrogen-bond donors (Lipinski definition) is 2. The molecular weight excluding hydrogens is 258 g/mol. The molecule has 1 fully saturated rings. The first-order valence-electron chi connectivity index (χ1n) is 6.54. The summed E-state index contributed by atoms with van der Waals surface area (Å²) in [6.45, 7) is 3.67. The van der Waals surface area contributed by atoms with Crippen LogP contribution in [-0.2, 0) is 0 Å². The zero-order valence-electron chi connectivity index (χ0n) is 11.1. The summed E-state index contributed by atoms with van der Waals surface area (Å²) in [5, 5.41) is 3.03. The number of anilines is 2. The third-order valence-corrected chi connectivity index (χ3v) is 3.46. The van der Waals surface area contributed by atoms with Crippen LogP contribution in [0.5, 0.6) is 0 Å². The van der Waals surface area contributed by atoms with Gasteiger partial charge in [-0.3, -0.25) is 4.79 Å². The zero-order chi connectivity index (χ0) is 13.8. The van der Waals surface area contributed by atoms with Gasteiger partial charge in [0.05, 0.1) is 5.69 Å². The molecule has 0 atom stereocenters. The number of rotatable bonds is 3. The van der Waals surface area contributed by atoms with E-state index >= 15 is 0 Å². The van der Waals surface area contributed by atoms with Gasteiger partial charge in [0, 0.05) is 24.3 Å². The number of hydrogen-bond acceptors (Lipinski definition) is 3. The van der Waals surface area contributed by atoms with Crippen molar-refractivity contribution in [3.8, 4) is 0 Å². The Morgan fingerprint density at radius 1 is 1.32 bits per heavy atom. The minimum atomic E-state index is 0.0117. The smallest absolute Gasteiger partial charge is 0.168 e. The maximum Gasteiger partial charge on any atom is 0.168 e. The van der Waals surface area contributed by atoms with Gasteiger partial charge in [-0.25, -0.2) is 0 Å². The molecule has 0 aromatic heterocycles. The van der Waals surface area contributed by atoms with Crippen LogP contribution in [0.2, 0.25) is 0 Å². The molecule has 1 aliphatic rings. The van der Waals surface area contributed by atoms with E-state index in [2.05, 4.69) is 10.2 Å². The van der Waals surface area contributed by atoms with Gasteiger partial charge in [-0.1, -0.05) is 0 Å². The van der Waals surface area contributed by atoms with Gasteiger partial charge in [-0.15, -0.1) is 0 Å². The van der Waals surface area contributed by atoms with Crippen molar-refractivity contribution in [2.75, 3.05) is 23.3 Å². The largest absolute Gasteiger partial charge is 0.376 e. The number of piperidine rings is 1. The van der Waals surface area contributed by atoms with E-state index in [0.717, 1.165) is 18.8 Å². The van der Waals surface area contributed by atoms with Crippen molar-refractivity contribution in [2.45, 2.75) is 26.2 Å². The van der Waals surface area contributed by atoms with Gasteiger partial charge in [0.2, 0.25) is 0 Å². The third kappa shape index (κ3) is 3.44. The Bertz CT molecular complexity index is 495. The van der Waals surface area contributed by atoms with E-state index in [1.807, 2.05) is 18.2 Å². The lowest BCUT2D eigenvalue weighted by Gasteiger charge is -2.29. The molecule has 0 radical (unpaired) electrons. The van der Waals surface area contributed by atoms with E-state index < -0.39 is 0 Å². The molecule has 3 N–H and O–H groups in total. The third-order valence-electron chi connectivity index (χ3n) is 3.36. The highest BCUT2D eigenvalue weighted by Crippen LogP contribution is 2.26. The van der Waals surface area contributed by atoms with E-state index in [1.54, 1.807) is 6.92 Å². The van der Waals surface area contributed by atoms with Crippen molar-refractivity contribution >= 4 is 34.5 Å². The van der Waals surface area contributed by atoms with Crippen LogP contribution in [0.4, 0.5) is 11.4 Å². The number of benzene rings is 1. The van der Waals surface area contributed by atoms with Crippen LogP contribution < -0.4 is 16.0 Å². The summed E-state index contributed by atoms with van der Waals surface area (Å²) in [7, 11) is 0. The molecule has 4 nitrogen and oxygen atoms in total. The molecule has 1 aliphatic heterocycles. The Labute approximate surface area is 119 Å². The molecule has 19 heavy (non-hydrogen) atoms. The SMILES string of the molecule is CC(=O)c1cc(N2CCCCC2)ccc1NC(N)=S. The van der Waals surface area contributed by atoms with Gasteiger partial charge in [0.25, 0.3) is 0 Å². The fraction of sp³-hybridized carbons (Fsp3) is 0.429. The summed E-state index contributed by atoms with van der Waals surface area (Å²) in [4.78, 5) is 14.1. The van der Waals surface area contributed by atoms with E-state index in [-0.39, 0.29) is 10.9 Å². The highest BCUT2D eigenvalue weighted by molar-refractivity contribution is 7.80. The van der Waals surface area contributed by atoms with Gasteiger partial charge >= 0.3 is 0 Å². The first-order chi connectivity index (χ1) is 9.08. The van der Waals surface area contributed by atoms with Crippen molar-refractivity contribution in [3.05, 3.63) is 23.8 Å². The summed E-state index contributed by atoms with van der Waals surface area (Å²) in [6.07, 6.45) is 3.71. The molecule has 0 aliphatic carbocycles. The molecule has 0 bridgehead atoms. The van der Waals surface area contributed by atoms with Gasteiger partial charge < -0.3 is 16.0 Å².